The quantitative estimate of drug-likeness (QED) is 0.299. The minimum Gasteiger partial charge on any atom is -0.724 e. The van der Waals surface area contributed by atoms with Crippen molar-refractivity contribution in [2.24, 2.45) is 0 Å². The Kier molecular flexibility index (Phi) is 6.62. The summed E-state index contributed by atoms with van der Waals surface area (Å²) in [5.74, 6) is 0. The summed E-state index contributed by atoms with van der Waals surface area (Å²) in [5, 5.41) is 0. The summed E-state index contributed by atoms with van der Waals surface area (Å²) in [5.41, 5.74) is 0. The predicted molar refractivity (Wildman–Crippen MR) is 37.6 cm³/mol. The molecule has 0 bridgehead atoms. The highest BCUT2D eigenvalue weighted by molar-refractivity contribution is 7.80. The Hall–Kier alpha value is -0.210. The minimum atomic E-state index is -4.70. The highest BCUT2D eigenvalue weighted by atomic mass is 32.3. The summed E-state index contributed by atoms with van der Waals surface area (Å²) in [6.45, 7) is 3.36. The van der Waals surface area contributed by atoms with E-state index < -0.39 is 10.4 Å². The molecule has 0 aliphatic carbocycles. The minimum absolute atomic E-state index is 0. The lowest BCUT2D eigenvalue weighted by atomic mass is 10.3. The summed E-state index contributed by atoms with van der Waals surface area (Å²) < 4.78 is 32.7. The number of hydrogen-bond acceptors (Lipinski definition) is 5. The smallest absolute Gasteiger partial charge is 0.245 e. The second-order valence-electron chi connectivity index (χ2n) is 1.79. The largest absolute Gasteiger partial charge is 0.724 e. The van der Waals surface area contributed by atoms with Gasteiger partial charge in [0, 0.05) is 0 Å². The van der Waals surface area contributed by atoms with Gasteiger partial charge in [0.15, 0.2) is 0 Å². The van der Waals surface area contributed by atoms with Crippen molar-refractivity contribution in [3.8, 4) is 0 Å². The van der Waals surface area contributed by atoms with Crippen molar-refractivity contribution >= 4 is 10.4 Å². The third-order valence-electron chi connectivity index (χ3n) is 0.862. The molecule has 0 amide bonds. The normalized spacial score (nSPS) is 13.7. The van der Waals surface area contributed by atoms with Crippen LogP contribution in [0, 0.1) is 0 Å². The van der Waals surface area contributed by atoms with Gasteiger partial charge in [0.25, 0.3) is 0 Å². The van der Waals surface area contributed by atoms with E-state index in [-0.39, 0.29) is 12.3 Å². The van der Waals surface area contributed by atoms with Crippen LogP contribution in [0.1, 0.15) is 20.3 Å². The van der Waals surface area contributed by atoms with Gasteiger partial charge in [-0.2, -0.15) is 0 Å². The first kappa shape index (κ1) is 13.4. The van der Waals surface area contributed by atoms with Crippen LogP contribution in [-0.4, -0.2) is 19.1 Å². The van der Waals surface area contributed by atoms with E-state index in [9.17, 15) is 13.0 Å². The average Bonchev–Trinajstić information content (AvgIpc) is 1.81. The van der Waals surface area contributed by atoms with Crippen LogP contribution in [0.4, 0.5) is 0 Å². The zero-order valence-corrected chi connectivity index (χ0v) is 7.55. The lowest BCUT2D eigenvalue weighted by Crippen LogP contribution is -2.12. The molecule has 7 heteroatoms. The second-order valence-corrected chi connectivity index (χ2v) is 2.74. The van der Waals surface area contributed by atoms with Gasteiger partial charge < -0.3 is 10.7 Å². The maximum Gasteiger partial charge on any atom is 0.245 e. The fraction of sp³-hybridized carbons (Fsp3) is 1.00. The Labute approximate surface area is 66.0 Å². The first-order valence-electron chi connectivity index (χ1n) is 2.76. The SMILES string of the molecule is CCC(C)OOS(=O)(=O)[O-].[NH4+]. The number of rotatable bonds is 4. The van der Waals surface area contributed by atoms with Gasteiger partial charge in [-0.05, 0) is 13.3 Å². The lowest BCUT2D eigenvalue weighted by molar-refractivity contribution is -0.241. The first-order valence-corrected chi connectivity index (χ1v) is 4.10. The van der Waals surface area contributed by atoms with Crippen molar-refractivity contribution in [1.82, 2.24) is 6.15 Å². The van der Waals surface area contributed by atoms with Crippen LogP contribution < -0.4 is 6.15 Å². The van der Waals surface area contributed by atoms with E-state index in [1.807, 2.05) is 0 Å². The van der Waals surface area contributed by atoms with Crippen molar-refractivity contribution in [2.75, 3.05) is 0 Å². The van der Waals surface area contributed by atoms with Crippen LogP contribution in [-0.2, 0) is 19.6 Å². The summed E-state index contributed by atoms with van der Waals surface area (Å²) in [6.07, 6.45) is 0.193. The van der Waals surface area contributed by atoms with E-state index in [2.05, 4.69) is 9.22 Å². The van der Waals surface area contributed by atoms with Gasteiger partial charge in [-0.1, -0.05) is 6.92 Å². The molecule has 1 atom stereocenters. The third-order valence-corrected chi connectivity index (χ3v) is 1.11. The predicted octanol–water partition coefficient (Wildman–Crippen LogP) is 0.570. The summed E-state index contributed by atoms with van der Waals surface area (Å²) >= 11 is 0. The summed E-state index contributed by atoms with van der Waals surface area (Å²) in [7, 11) is -4.70. The summed E-state index contributed by atoms with van der Waals surface area (Å²) in [4.78, 5) is 4.16. The van der Waals surface area contributed by atoms with Crippen molar-refractivity contribution < 1.29 is 22.2 Å². The fourth-order valence-electron chi connectivity index (χ4n) is 0.183. The second kappa shape index (κ2) is 5.44. The fourth-order valence-corrected chi connectivity index (χ4v) is 0.414. The Morgan fingerprint density at radius 1 is 1.55 bits per heavy atom. The van der Waals surface area contributed by atoms with Gasteiger partial charge in [-0.25, -0.2) is 13.3 Å². The Morgan fingerprint density at radius 2 is 2.00 bits per heavy atom. The van der Waals surface area contributed by atoms with Gasteiger partial charge in [0.05, 0.1) is 6.10 Å². The number of hydrogen-bond donors (Lipinski definition) is 1. The number of quaternary nitrogens is 1. The third kappa shape index (κ3) is 9.79. The molecule has 4 N–H and O–H groups in total. The molecule has 0 aromatic carbocycles. The van der Waals surface area contributed by atoms with Gasteiger partial charge in [0.2, 0.25) is 10.4 Å². The average molecular weight is 187 g/mol. The molecule has 0 saturated heterocycles. The van der Waals surface area contributed by atoms with Crippen molar-refractivity contribution in [3.63, 3.8) is 0 Å². The van der Waals surface area contributed by atoms with Gasteiger partial charge in [0.1, 0.15) is 0 Å². The maximum atomic E-state index is 9.75. The lowest BCUT2D eigenvalue weighted by Gasteiger charge is -2.10. The molecule has 1 unspecified atom stereocenters. The van der Waals surface area contributed by atoms with Gasteiger partial charge in [-0.15, -0.1) is 4.33 Å². The van der Waals surface area contributed by atoms with E-state index >= 15 is 0 Å². The van der Waals surface area contributed by atoms with E-state index in [1.165, 1.54) is 0 Å². The molecule has 0 saturated carbocycles. The standard InChI is InChI=1S/C4H10O5S.H3N/c1-3-4(2)8-9-10(5,6)7;/h4H,3H2,1-2H3,(H,5,6,7);1H3. The molecule has 0 radical (unpaired) electrons. The monoisotopic (exact) mass is 187 g/mol. The van der Waals surface area contributed by atoms with Gasteiger partial charge in [-0.3, -0.25) is 0 Å². The van der Waals surface area contributed by atoms with Crippen LogP contribution in [0.3, 0.4) is 0 Å². The Bertz CT molecular complexity index is 177. The molecule has 70 valence electrons. The molecule has 0 aliphatic rings. The molecule has 11 heavy (non-hydrogen) atoms. The maximum absolute atomic E-state index is 9.75. The molecule has 0 spiro atoms. The zero-order valence-electron chi connectivity index (χ0n) is 6.73. The van der Waals surface area contributed by atoms with E-state index in [4.69, 9.17) is 0 Å². The van der Waals surface area contributed by atoms with Crippen LogP contribution in [0.25, 0.3) is 0 Å². The Morgan fingerprint density at radius 3 is 2.27 bits per heavy atom. The van der Waals surface area contributed by atoms with E-state index in [1.54, 1.807) is 13.8 Å². The van der Waals surface area contributed by atoms with Crippen molar-refractivity contribution in [1.29, 1.82) is 0 Å². The molecule has 0 fully saturated rings. The first-order chi connectivity index (χ1) is 4.45. The molecular formula is C4H13NO5S. The highest BCUT2D eigenvalue weighted by Gasteiger charge is 2.01. The molecule has 0 heterocycles. The molecule has 0 aromatic rings. The molecule has 6 nitrogen and oxygen atoms in total. The Balaban J connectivity index is 0. The van der Waals surface area contributed by atoms with Crippen LogP contribution in [0.2, 0.25) is 0 Å². The summed E-state index contributed by atoms with van der Waals surface area (Å²) in [6, 6.07) is 0. The van der Waals surface area contributed by atoms with Crippen LogP contribution in [0.5, 0.6) is 0 Å². The van der Waals surface area contributed by atoms with Gasteiger partial charge >= 0.3 is 0 Å². The van der Waals surface area contributed by atoms with Crippen LogP contribution in [0.15, 0.2) is 0 Å². The molecule has 0 rings (SSSR count). The van der Waals surface area contributed by atoms with Crippen molar-refractivity contribution in [2.45, 2.75) is 26.4 Å². The van der Waals surface area contributed by atoms with Crippen LogP contribution >= 0.6 is 0 Å². The highest BCUT2D eigenvalue weighted by Crippen LogP contribution is 1.98. The molecule has 0 aliphatic heterocycles. The van der Waals surface area contributed by atoms with Crippen molar-refractivity contribution in [3.05, 3.63) is 0 Å². The topological polar surface area (TPSA) is 112 Å². The van der Waals surface area contributed by atoms with E-state index in [0.29, 0.717) is 6.42 Å². The van der Waals surface area contributed by atoms with E-state index in [0.717, 1.165) is 0 Å². The zero-order chi connectivity index (χ0) is 8.20. The molecular weight excluding hydrogens is 174 g/mol. The molecule has 0 aromatic heterocycles.